The third kappa shape index (κ3) is 2.00. The van der Waals surface area contributed by atoms with Crippen molar-refractivity contribution in [3.05, 3.63) is 28.2 Å². The van der Waals surface area contributed by atoms with Crippen LogP contribution in [-0.4, -0.2) is 12.5 Å². The molecule has 0 aromatic heterocycles. The molecule has 3 nitrogen and oxygen atoms in total. The van der Waals surface area contributed by atoms with Crippen molar-refractivity contribution in [2.75, 3.05) is 6.61 Å². The predicted octanol–water partition coefficient (Wildman–Crippen LogP) is 1.46. The summed E-state index contributed by atoms with van der Waals surface area (Å²) in [5.41, 5.74) is 0.387. The maximum absolute atomic E-state index is 10.3. The number of carbonyl (C=O) groups excluding carboxylic acids is 1. The van der Waals surface area contributed by atoms with Crippen molar-refractivity contribution in [1.82, 2.24) is 5.32 Å². The molecule has 1 aliphatic heterocycles. The van der Waals surface area contributed by atoms with Gasteiger partial charge in [-0.1, -0.05) is 0 Å². The Morgan fingerprint density at radius 2 is 2.50 bits per heavy atom. The first-order valence-corrected chi connectivity index (χ1v) is 4.29. The maximum atomic E-state index is 10.3. The molecule has 0 spiro atoms. The normalized spacial score (nSPS) is 15.7. The molecule has 0 atom stereocenters. The van der Waals surface area contributed by atoms with Crippen LogP contribution in [-0.2, 0) is 9.53 Å². The number of hydrogen-bond acceptors (Lipinski definition) is 3. The standard InChI is InChI=1S/C8H8BrNO2/c1-2-12-6-3-7(9)8(5-11)10-4-6/h3-4,10H,2H2,1H3. The van der Waals surface area contributed by atoms with Gasteiger partial charge >= 0.3 is 0 Å². The van der Waals surface area contributed by atoms with Crippen molar-refractivity contribution in [2.45, 2.75) is 6.92 Å². The highest BCUT2D eigenvalue weighted by Gasteiger charge is 2.08. The number of ether oxygens (including phenoxy) is 1. The van der Waals surface area contributed by atoms with Crippen LogP contribution in [0.15, 0.2) is 28.2 Å². The van der Waals surface area contributed by atoms with Gasteiger partial charge in [0.1, 0.15) is 11.5 Å². The van der Waals surface area contributed by atoms with E-state index in [0.717, 1.165) is 0 Å². The van der Waals surface area contributed by atoms with Crippen molar-refractivity contribution >= 4 is 21.9 Å². The van der Waals surface area contributed by atoms with E-state index in [1.165, 1.54) is 0 Å². The summed E-state index contributed by atoms with van der Waals surface area (Å²) in [6, 6.07) is 0. The summed E-state index contributed by atoms with van der Waals surface area (Å²) in [7, 11) is 0. The molecule has 0 amide bonds. The number of halogens is 1. The van der Waals surface area contributed by atoms with Gasteiger partial charge in [0.2, 0.25) is 0 Å². The van der Waals surface area contributed by atoms with E-state index in [1.807, 2.05) is 6.92 Å². The minimum Gasteiger partial charge on any atom is -0.492 e. The summed E-state index contributed by atoms with van der Waals surface area (Å²) >= 11 is 3.20. The first-order valence-electron chi connectivity index (χ1n) is 3.50. The minimum absolute atomic E-state index is 0.387. The lowest BCUT2D eigenvalue weighted by Crippen LogP contribution is -2.12. The highest BCUT2D eigenvalue weighted by Crippen LogP contribution is 2.19. The van der Waals surface area contributed by atoms with Gasteiger partial charge in [-0.2, -0.15) is 0 Å². The maximum Gasteiger partial charge on any atom is 0.151 e. The Kier molecular flexibility index (Phi) is 3.14. The third-order valence-corrected chi connectivity index (χ3v) is 1.91. The van der Waals surface area contributed by atoms with E-state index in [9.17, 15) is 4.79 Å². The van der Waals surface area contributed by atoms with Crippen LogP contribution in [0.25, 0.3) is 0 Å². The molecular weight excluding hydrogens is 222 g/mol. The van der Waals surface area contributed by atoms with Crippen LogP contribution in [0, 0.1) is 0 Å². The quantitative estimate of drug-likeness (QED) is 0.730. The lowest BCUT2D eigenvalue weighted by atomic mass is 10.3. The molecule has 1 N–H and O–H groups in total. The lowest BCUT2D eigenvalue weighted by molar-refractivity contribution is 0.240. The summed E-state index contributed by atoms with van der Waals surface area (Å²) < 4.78 is 5.85. The zero-order valence-electron chi connectivity index (χ0n) is 6.56. The Bertz CT molecular complexity index is 287. The lowest BCUT2D eigenvalue weighted by Gasteiger charge is -2.11. The van der Waals surface area contributed by atoms with E-state index in [-0.39, 0.29) is 0 Å². The van der Waals surface area contributed by atoms with Gasteiger partial charge in [-0.3, -0.25) is 0 Å². The largest absolute Gasteiger partial charge is 0.492 e. The minimum atomic E-state index is 0.387. The topological polar surface area (TPSA) is 38.3 Å². The zero-order valence-corrected chi connectivity index (χ0v) is 8.14. The van der Waals surface area contributed by atoms with Crippen molar-refractivity contribution in [3.8, 4) is 0 Å². The van der Waals surface area contributed by atoms with Crippen LogP contribution in [0.5, 0.6) is 0 Å². The first kappa shape index (κ1) is 9.10. The smallest absolute Gasteiger partial charge is 0.151 e. The number of nitrogens with one attached hydrogen (secondary N) is 1. The van der Waals surface area contributed by atoms with Crippen molar-refractivity contribution in [3.63, 3.8) is 0 Å². The van der Waals surface area contributed by atoms with E-state index in [1.54, 1.807) is 18.2 Å². The second kappa shape index (κ2) is 4.14. The number of allylic oxidation sites excluding steroid dienone is 2. The molecule has 64 valence electrons. The monoisotopic (exact) mass is 229 g/mol. The van der Waals surface area contributed by atoms with Gasteiger partial charge in [0.25, 0.3) is 0 Å². The molecule has 0 saturated heterocycles. The molecule has 0 saturated carbocycles. The van der Waals surface area contributed by atoms with Crippen LogP contribution in [0.4, 0.5) is 0 Å². The zero-order chi connectivity index (χ0) is 8.97. The summed E-state index contributed by atoms with van der Waals surface area (Å²) in [6.45, 7) is 2.50. The molecule has 0 aliphatic carbocycles. The summed E-state index contributed by atoms with van der Waals surface area (Å²) in [4.78, 5) is 10.3. The summed E-state index contributed by atoms with van der Waals surface area (Å²) in [5, 5.41) is 2.74. The predicted molar refractivity (Wildman–Crippen MR) is 49.1 cm³/mol. The van der Waals surface area contributed by atoms with Gasteiger partial charge in [0.15, 0.2) is 5.94 Å². The number of rotatable bonds is 2. The number of dihydropyridines is 1. The molecule has 4 heteroatoms. The second-order valence-corrected chi connectivity index (χ2v) is 2.95. The third-order valence-electron chi connectivity index (χ3n) is 1.28. The molecule has 0 bridgehead atoms. The Hall–Kier alpha value is -0.990. The molecule has 1 rings (SSSR count). The van der Waals surface area contributed by atoms with Gasteiger partial charge in [0, 0.05) is 6.20 Å². The van der Waals surface area contributed by atoms with Gasteiger partial charge in [-0.25, -0.2) is 4.79 Å². The van der Waals surface area contributed by atoms with E-state index >= 15 is 0 Å². The molecule has 0 aromatic carbocycles. The van der Waals surface area contributed by atoms with Crippen molar-refractivity contribution < 1.29 is 9.53 Å². The fourth-order valence-corrected chi connectivity index (χ4v) is 1.20. The van der Waals surface area contributed by atoms with E-state index in [4.69, 9.17) is 4.74 Å². The summed E-state index contributed by atoms with van der Waals surface area (Å²) in [5.74, 6) is 2.45. The van der Waals surface area contributed by atoms with Crippen LogP contribution >= 0.6 is 15.9 Å². The molecule has 12 heavy (non-hydrogen) atoms. The van der Waals surface area contributed by atoms with Crippen LogP contribution in [0.1, 0.15) is 6.92 Å². The van der Waals surface area contributed by atoms with Gasteiger partial charge < -0.3 is 10.1 Å². The van der Waals surface area contributed by atoms with Crippen LogP contribution in [0.3, 0.4) is 0 Å². The molecule has 0 unspecified atom stereocenters. The Labute approximate surface area is 78.9 Å². The number of hydrogen-bond donors (Lipinski definition) is 1. The molecule has 1 heterocycles. The molecule has 1 aliphatic rings. The summed E-state index contributed by atoms with van der Waals surface area (Å²) in [6.07, 6.45) is 3.34. The molecular formula is C8H8BrNO2. The van der Waals surface area contributed by atoms with E-state index < -0.39 is 0 Å². The Balaban J connectivity index is 2.78. The average Bonchev–Trinajstić information content (AvgIpc) is 2.05. The van der Waals surface area contributed by atoms with Gasteiger partial charge in [0.05, 0.1) is 11.1 Å². The molecule has 0 fully saturated rings. The second-order valence-electron chi connectivity index (χ2n) is 2.09. The fraction of sp³-hybridized carbons (Fsp3) is 0.250. The average molecular weight is 230 g/mol. The fourth-order valence-electron chi connectivity index (χ4n) is 0.779. The van der Waals surface area contributed by atoms with Crippen LogP contribution < -0.4 is 5.32 Å². The first-order chi connectivity index (χ1) is 5.77. The van der Waals surface area contributed by atoms with Crippen LogP contribution in [0.2, 0.25) is 0 Å². The molecule has 0 radical (unpaired) electrons. The van der Waals surface area contributed by atoms with Gasteiger partial charge in [-0.05, 0) is 28.9 Å². The molecule has 0 aromatic rings. The SMILES string of the molecule is CCOC1=CNC(=C=O)C(Br)=C1. The van der Waals surface area contributed by atoms with E-state index in [0.29, 0.717) is 22.5 Å². The van der Waals surface area contributed by atoms with Crippen molar-refractivity contribution in [2.24, 2.45) is 0 Å². The Morgan fingerprint density at radius 1 is 1.75 bits per heavy atom. The Morgan fingerprint density at radius 3 is 3.00 bits per heavy atom. The van der Waals surface area contributed by atoms with Crippen molar-refractivity contribution in [1.29, 1.82) is 0 Å². The van der Waals surface area contributed by atoms with Gasteiger partial charge in [-0.15, -0.1) is 0 Å². The highest BCUT2D eigenvalue weighted by atomic mass is 79.9. The van der Waals surface area contributed by atoms with E-state index in [2.05, 4.69) is 21.2 Å². The highest BCUT2D eigenvalue weighted by molar-refractivity contribution is 9.12.